The molecule has 11 nitrogen and oxygen atoms in total. The number of nitrogen functional groups attached to an aromatic ring is 1. The fourth-order valence-electron chi connectivity index (χ4n) is 7.42. The van der Waals surface area contributed by atoms with Crippen LogP contribution in [0.5, 0.6) is 5.75 Å². The van der Waals surface area contributed by atoms with Crippen molar-refractivity contribution in [1.82, 2.24) is 25.1 Å². The number of piperazine rings is 1. The summed E-state index contributed by atoms with van der Waals surface area (Å²) in [6, 6.07) is 25.3. The summed E-state index contributed by atoms with van der Waals surface area (Å²) in [6.07, 6.45) is 3.29. The van der Waals surface area contributed by atoms with Crippen molar-refractivity contribution in [3.63, 3.8) is 0 Å². The number of benzene rings is 4. The molecule has 3 aliphatic heterocycles. The Labute approximate surface area is 301 Å². The standard InChI is InChI=1S/C40H40FN7O4/c1-2-18-46-26-37(50)47-35(21-27-11-14-32(49)15-12-27)39(51)45(25-36(47)48(46)40(52)43-22-28-7-4-3-5-8-28)24-30-13-16-34(41)33-17-19-44(38(30)33)23-29-9-6-10-31(42)20-29/h2-16,19-20,35-36H,1,17-18,21-26,42H2,(H-,43,49,52)/p+1/t35-,36-/m0/s1. The number of nitrogens with two attached hydrogens (primary N) is 1. The molecular weight excluding hydrogens is 661 g/mol. The van der Waals surface area contributed by atoms with Crippen LogP contribution in [-0.4, -0.2) is 85.4 Å². The maximum Gasteiger partial charge on any atom is 0.334 e. The Morgan fingerprint density at radius 3 is 2.52 bits per heavy atom. The molecule has 2 atom stereocenters. The number of hydrogen-bond donors (Lipinski definition) is 3. The Kier molecular flexibility index (Phi) is 9.73. The number of anilines is 1. The number of phenols is 1. The van der Waals surface area contributed by atoms with Gasteiger partial charge < -0.3 is 26.0 Å². The molecule has 3 heterocycles. The van der Waals surface area contributed by atoms with Crippen LogP contribution >= 0.6 is 0 Å². The van der Waals surface area contributed by atoms with Gasteiger partial charge >= 0.3 is 6.03 Å². The molecule has 7 rings (SSSR count). The summed E-state index contributed by atoms with van der Waals surface area (Å²) in [5.74, 6) is -0.827. The molecule has 52 heavy (non-hydrogen) atoms. The Hall–Kier alpha value is -6.01. The highest BCUT2D eigenvalue weighted by atomic mass is 19.1. The highest BCUT2D eigenvalue weighted by Crippen LogP contribution is 2.35. The summed E-state index contributed by atoms with van der Waals surface area (Å²) in [4.78, 5) is 45.9. The molecule has 2 fully saturated rings. The van der Waals surface area contributed by atoms with Crippen LogP contribution in [0.4, 0.5) is 20.6 Å². The van der Waals surface area contributed by atoms with Gasteiger partial charge in [0.15, 0.2) is 12.8 Å². The zero-order valence-corrected chi connectivity index (χ0v) is 28.7. The number of nitrogens with one attached hydrogen (secondary N) is 1. The Balaban J connectivity index is 1.25. The third-order valence-electron chi connectivity index (χ3n) is 9.81. The van der Waals surface area contributed by atoms with Crippen molar-refractivity contribution in [2.75, 3.05) is 25.4 Å². The lowest BCUT2D eigenvalue weighted by atomic mass is 9.97. The van der Waals surface area contributed by atoms with Gasteiger partial charge in [-0.3, -0.25) is 9.59 Å². The van der Waals surface area contributed by atoms with E-state index in [-0.39, 0.29) is 62.5 Å². The van der Waals surface area contributed by atoms with E-state index in [0.717, 1.165) is 22.3 Å². The largest absolute Gasteiger partial charge is 0.508 e. The summed E-state index contributed by atoms with van der Waals surface area (Å²) in [7, 11) is 0. The number of aromatic hydroxyl groups is 1. The van der Waals surface area contributed by atoms with Crippen LogP contribution in [0.2, 0.25) is 0 Å². The number of carbonyl (C=O) groups excluding carboxylic acids is 3. The molecule has 0 aromatic heterocycles. The van der Waals surface area contributed by atoms with E-state index < -0.39 is 18.2 Å². The van der Waals surface area contributed by atoms with Gasteiger partial charge in [0.1, 0.15) is 23.8 Å². The Morgan fingerprint density at radius 2 is 1.77 bits per heavy atom. The number of amides is 4. The summed E-state index contributed by atoms with van der Waals surface area (Å²) in [6.45, 7) is 4.83. The lowest BCUT2D eigenvalue weighted by Crippen LogP contribution is -2.76. The summed E-state index contributed by atoms with van der Waals surface area (Å²) >= 11 is 0. The highest BCUT2D eigenvalue weighted by molar-refractivity contribution is 5.92. The van der Waals surface area contributed by atoms with Crippen LogP contribution in [0.3, 0.4) is 0 Å². The maximum atomic E-state index is 15.3. The van der Waals surface area contributed by atoms with Gasteiger partial charge in [-0.25, -0.2) is 19.2 Å². The molecule has 3 aliphatic rings. The van der Waals surface area contributed by atoms with Crippen molar-refractivity contribution >= 4 is 35.4 Å². The van der Waals surface area contributed by atoms with Gasteiger partial charge in [-0.15, -0.1) is 6.58 Å². The van der Waals surface area contributed by atoms with Crippen LogP contribution in [0.15, 0.2) is 104 Å². The Morgan fingerprint density at radius 1 is 1.00 bits per heavy atom. The summed E-state index contributed by atoms with van der Waals surface area (Å²) in [5, 5.41) is 16.1. The highest BCUT2D eigenvalue weighted by Gasteiger charge is 2.51. The van der Waals surface area contributed by atoms with Crippen LogP contribution in [0, 0.1) is 5.82 Å². The SMILES string of the molecule is C=CCN1CC(=O)N2[C@@H](Cc3ccc(O)cc3)C(=O)N(Cc3ccc(F)c4c3[N+](Cc3cccc(N)c3)=CC4)C[C@@H]2N1C(=O)NCc1ccccc1. The molecule has 0 spiro atoms. The molecule has 4 N–H and O–H groups in total. The fraction of sp³-hybridized carbons (Fsp3) is 0.250. The van der Waals surface area contributed by atoms with Gasteiger partial charge in [0.25, 0.3) is 0 Å². The van der Waals surface area contributed by atoms with E-state index >= 15 is 4.39 Å². The number of halogens is 1. The quantitative estimate of drug-likeness (QED) is 0.129. The zero-order chi connectivity index (χ0) is 36.4. The van der Waals surface area contributed by atoms with Crippen LogP contribution in [-0.2, 0) is 42.1 Å². The van der Waals surface area contributed by atoms with E-state index in [1.54, 1.807) is 46.3 Å². The van der Waals surface area contributed by atoms with E-state index in [2.05, 4.69) is 11.9 Å². The minimum Gasteiger partial charge on any atom is -0.508 e. The summed E-state index contributed by atoms with van der Waals surface area (Å²) in [5.41, 5.74) is 11.3. The van der Waals surface area contributed by atoms with Gasteiger partial charge in [0, 0.05) is 36.3 Å². The van der Waals surface area contributed by atoms with E-state index in [0.29, 0.717) is 29.9 Å². The van der Waals surface area contributed by atoms with Gasteiger partial charge in [-0.1, -0.05) is 60.7 Å². The number of carbonyl (C=O) groups is 3. The lowest BCUT2D eigenvalue weighted by Gasteiger charge is -2.55. The first-order valence-electron chi connectivity index (χ1n) is 17.3. The average molecular weight is 703 g/mol. The van der Waals surface area contributed by atoms with E-state index in [1.165, 1.54) is 16.0 Å². The van der Waals surface area contributed by atoms with E-state index in [4.69, 9.17) is 5.73 Å². The molecule has 4 aromatic carbocycles. The predicted molar refractivity (Wildman–Crippen MR) is 195 cm³/mol. The molecule has 0 aliphatic carbocycles. The first-order chi connectivity index (χ1) is 25.2. The first-order valence-corrected chi connectivity index (χ1v) is 17.3. The minimum atomic E-state index is -0.949. The molecule has 4 aromatic rings. The van der Waals surface area contributed by atoms with Gasteiger partial charge in [0.2, 0.25) is 17.5 Å². The number of urea groups is 1. The predicted octanol–water partition coefficient (Wildman–Crippen LogP) is 4.32. The summed E-state index contributed by atoms with van der Waals surface area (Å²) < 4.78 is 17.3. The number of phenolic OH excluding ortho intramolecular Hbond substituents is 1. The van der Waals surface area contributed by atoms with E-state index in [1.807, 2.05) is 65.4 Å². The molecule has 0 unspecified atom stereocenters. The molecule has 2 saturated heterocycles. The van der Waals surface area contributed by atoms with Crippen molar-refractivity contribution < 1.29 is 28.5 Å². The molecule has 4 amide bonds. The van der Waals surface area contributed by atoms with Crippen LogP contribution < -0.4 is 11.1 Å². The third kappa shape index (κ3) is 6.97. The molecule has 12 heteroatoms. The lowest BCUT2D eigenvalue weighted by molar-refractivity contribution is -0.451. The minimum absolute atomic E-state index is 0.0220. The van der Waals surface area contributed by atoms with Gasteiger partial charge in [0.05, 0.1) is 31.6 Å². The van der Waals surface area contributed by atoms with Crippen LogP contribution in [0.25, 0.3) is 0 Å². The van der Waals surface area contributed by atoms with Crippen molar-refractivity contribution in [2.24, 2.45) is 0 Å². The fourth-order valence-corrected chi connectivity index (χ4v) is 7.42. The molecule has 0 radical (unpaired) electrons. The number of rotatable bonds is 10. The number of hydrogen-bond acceptors (Lipinski definition) is 6. The average Bonchev–Trinajstić information content (AvgIpc) is 3.56. The second-order valence-corrected chi connectivity index (χ2v) is 13.3. The molecule has 0 saturated carbocycles. The topological polar surface area (TPSA) is 125 Å². The Bertz CT molecular complexity index is 2040. The molecule has 266 valence electrons. The van der Waals surface area contributed by atoms with Crippen molar-refractivity contribution in [3.05, 3.63) is 137 Å². The first kappa shape index (κ1) is 34.4. The number of fused-ring (bicyclic) bond motifs is 2. The smallest absolute Gasteiger partial charge is 0.334 e. The van der Waals surface area contributed by atoms with Gasteiger partial charge in [-0.05, 0) is 47.5 Å². The molecular formula is C40H41FN7O4+. The number of hydrazine groups is 1. The molecule has 0 bridgehead atoms. The van der Waals surface area contributed by atoms with E-state index in [9.17, 15) is 19.5 Å². The zero-order valence-electron chi connectivity index (χ0n) is 28.7. The monoisotopic (exact) mass is 702 g/mol. The number of nitrogens with zero attached hydrogens (tertiary/aromatic N) is 5. The second-order valence-electron chi connectivity index (χ2n) is 13.3. The van der Waals surface area contributed by atoms with Crippen molar-refractivity contribution in [1.29, 1.82) is 0 Å². The van der Waals surface area contributed by atoms with Crippen molar-refractivity contribution in [2.45, 2.75) is 44.7 Å². The second kappa shape index (κ2) is 14.7. The van der Waals surface area contributed by atoms with Crippen LogP contribution in [0.1, 0.15) is 27.8 Å². The van der Waals surface area contributed by atoms with Gasteiger partial charge in [-0.2, -0.15) is 4.58 Å². The van der Waals surface area contributed by atoms with Crippen molar-refractivity contribution in [3.8, 4) is 5.75 Å². The normalized spacial score (nSPS) is 18.6. The maximum absolute atomic E-state index is 15.3. The third-order valence-corrected chi connectivity index (χ3v) is 9.81.